The van der Waals surface area contributed by atoms with Crippen molar-refractivity contribution in [1.82, 2.24) is 0 Å². The number of likely N-dealkylation sites (N-methyl/N-ethyl adjacent to an activating group) is 1. The maximum atomic E-state index is 12.8. The normalized spacial score (nSPS) is 13.1. The van der Waals surface area contributed by atoms with Crippen LogP contribution in [0.1, 0.15) is 213 Å². The summed E-state index contributed by atoms with van der Waals surface area (Å²) in [5.41, 5.74) is 0. The van der Waals surface area contributed by atoms with Gasteiger partial charge in [0.15, 0.2) is 12.4 Å². The van der Waals surface area contributed by atoms with Crippen LogP contribution in [-0.4, -0.2) is 82.3 Å². The van der Waals surface area contributed by atoms with E-state index in [-0.39, 0.29) is 32.2 Å². The number of quaternary nitrogens is 1. The third-order valence-corrected chi connectivity index (χ3v) is 10.5. The minimum Gasteiger partial charge on any atom is -0.545 e. The summed E-state index contributed by atoms with van der Waals surface area (Å²) >= 11 is 0. The fourth-order valence-corrected chi connectivity index (χ4v) is 6.68. The van der Waals surface area contributed by atoms with Crippen molar-refractivity contribution in [2.24, 2.45) is 0 Å². The van der Waals surface area contributed by atoms with Gasteiger partial charge in [-0.25, -0.2) is 0 Å². The van der Waals surface area contributed by atoms with Crippen molar-refractivity contribution in [3.63, 3.8) is 0 Å². The van der Waals surface area contributed by atoms with E-state index in [4.69, 9.17) is 18.9 Å². The highest BCUT2D eigenvalue weighted by Gasteiger charge is 2.21. The zero-order valence-electron chi connectivity index (χ0n) is 38.4. The third-order valence-electron chi connectivity index (χ3n) is 10.5. The maximum absolute atomic E-state index is 12.8. The van der Waals surface area contributed by atoms with Gasteiger partial charge in [-0.15, -0.1) is 0 Å². The predicted octanol–water partition coefficient (Wildman–Crippen LogP) is 11.5. The lowest BCUT2D eigenvalue weighted by atomic mass is 10.0. The molecule has 0 saturated heterocycles. The van der Waals surface area contributed by atoms with Crippen LogP contribution in [0.5, 0.6) is 0 Å². The molecule has 9 heteroatoms. The molecule has 0 amide bonds. The fourth-order valence-electron chi connectivity index (χ4n) is 6.68. The number of rotatable bonds is 44. The number of ether oxygens (including phenoxy) is 4. The first kappa shape index (κ1) is 55.8. The Labute approximate surface area is 357 Å². The van der Waals surface area contributed by atoms with E-state index in [0.29, 0.717) is 23.9 Å². The number of carboxylic acid groups (broad SMARTS) is 1. The van der Waals surface area contributed by atoms with E-state index in [1.165, 1.54) is 128 Å². The zero-order valence-corrected chi connectivity index (χ0v) is 38.4. The average Bonchev–Trinajstić information content (AvgIpc) is 3.18. The second kappa shape index (κ2) is 41.5. The number of nitrogens with zero attached hydrogens (tertiary/aromatic N) is 1. The lowest BCUT2D eigenvalue weighted by Gasteiger charge is -2.26. The second-order valence-corrected chi connectivity index (χ2v) is 17.4. The lowest BCUT2D eigenvalue weighted by Crippen LogP contribution is -2.44. The number of hydrogen-bond donors (Lipinski definition) is 0. The van der Waals surface area contributed by atoms with Gasteiger partial charge >= 0.3 is 11.9 Å². The molecule has 58 heavy (non-hydrogen) atoms. The Kier molecular flexibility index (Phi) is 39.9. The number of esters is 2. The number of aliphatic carboxylic acids is 1. The molecule has 0 aliphatic heterocycles. The Morgan fingerprint density at radius 3 is 1.36 bits per heavy atom. The minimum absolute atomic E-state index is 0.149. The number of carboxylic acids is 1. The van der Waals surface area contributed by atoms with Crippen molar-refractivity contribution >= 4 is 17.9 Å². The highest BCUT2D eigenvalue weighted by atomic mass is 16.7. The van der Waals surface area contributed by atoms with Crippen LogP contribution in [0.4, 0.5) is 0 Å². The molecule has 2 atom stereocenters. The standard InChI is InChI=1S/C49H91NO8/c1-6-8-10-12-14-16-18-20-21-22-23-24-25-26-27-28-30-32-34-36-38-40-47(52)58-45(44-57-49(48(53)54)55-42-41-50(3,4)5)43-56-46(51)39-37-35-33-31-29-19-17-15-13-11-9-7-2/h18,20,22-23,45,49H,6-17,19,21,24-44H2,1-5H3/b20-18-,23-22-. The highest BCUT2D eigenvalue weighted by molar-refractivity contribution is 5.70. The van der Waals surface area contributed by atoms with Crippen LogP contribution in [0.2, 0.25) is 0 Å². The van der Waals surface area contributed by atoms with Crippen LogP contribution in [0.3, 0.4) is 0 Å². The van der Waals surface area contributed by atoms with E-state index in [2.05, 4.69) is 38.2 Å². The summed E-state index contributed by atoms with van der Waals surface area (Å²) in [6.45, 7) is 4.74. The monoisotopic (exact) mass is 822 g/mol. The van der Waals surface area contributed by atoms with Gasteiger partial charge in [0.05, 0.1) is 40.3 Å². The largest absolute Gasteiger partial charge is 0.545 e. The van der Waals surface area contributed by atoms with Crippen LogP contribution in [0.15, 0.2) is 24.3 Å². The van der Waals surface area contributed by atoms with Crippen molar-refractivity contribution in [3.8, 4) is 0 Å². The fraction of sp³-hybridized carbons (Fsp3) is 0.857. The van der Waals surface area contributed by atoms with E-state index in [1.807, 2.05) is 21.1 Å². The molecule has 0 aliphatic rings. The first-order valence-corrected chi connectivity index (χ1v) is 24.0. The third kappa shape index (κ3) is 41.9. The van der Waals surface area contributed by atoms with Crippen LogP contribution >= 0.6 is 0 Å². The van der Waals surface area contributed by atoms with Crippen LogP contribution in [-0.2, 0) is 33.3 Å². The van der Waals surface area contributed by atoms with Gasteiger partial charge in [0.1, 0.15) is 13.2 Å². The molecule has 0 spiro atoms. The molecular formula is C49H91NO8. The number of allylic oxidation sites excluding steroid dienone is 4. The van der Waals surface area contributed by atoms with Gasteiger partial charge in [-0.2, -0.15) is 0 Å². The first-order chi connectivity index (χ1) is 28.1. The molecule has 0 bridgehead atoms. The van der Waals surface area contributed by atoms with Gasteiger partial charge in [0.25, 0.3) is 0 Å². The predicted molar refractivity (Wildman–Crippen MR) is 237 cm³/mol. The number of carbonyl (C=O) groups excluding carboxylic acids is 3. The van der Waals surface area contributed by atoms with E-state index in [1.54, 1.807) is 0 Å². The zero-order chi connectivity index (χ0) is 42.8. The van der Waals surface area contributed by atoms with Crippen molar-refractivity contribution in [3.05, 3.63) is 24.3 Å². The Balaban J connectivity index is 4.35. The molecule has 0 rings (SSSR count). The second-order valence-electron chi connectivity index (χ2n) is 17.4. The van der Waals surface area contributed by atoms with Crippen molar-refractivity contribution in [2.45, 2.75) is 225 Å². The van der Waals surface area contributed by atoms with Crippen LogP contribution in [0, 0.1) is 0 Å². The number of carbonyl (C=O) groups is 3. The number of unbranched alkanes of at least 4 members (excludes halogenated alkanes) is 25. The summed E-state index contributed by atoms with van der Waals surface area (Å²) in [7, 11) is 5.91. The van der Waals surface area contributed by atoms with Gasteiger partial charge in [0.2, 0.25) is 0 Å². The lowest BCUT2D eigenvalue weighted by molar-refractivity contribution is -0.870. The Hall–Kier alpha value is -2.23. The van der Waals surface area contributed by atoms with E-state index in [0.717, 1.165) is 51.4 Å². The van der Waals surface area contributed by atoms with Gasteiger partial charge in [-0.05, 0) is 44.9 Å². The molecule has 0 radical (unpaired) electrons. The van der Waals surface area contributed by atoms with Crippen LogP contribution < -0.4 is 5.11 Å². The molecule has 0 aromatic carbocycles. The average molecular weight is 822 g/mol. The summed E-state index contributed by atoms with van der Waals surface area (Å²) < 4.78 is 22.6. The van der Waals surface area contributed by atoms with E-state index < -0.39 is 24.3 Å². The van der Waals surface area contributed by atoms with Gasteiger partial charge in [0, 0.05) is 12.8 Å². The van der Waals surface area contributed by atoms with E-state index >= 15 is 0 Å². The smallest absolute Gasteiger partial charge is 0.306 e. The topological polar surface area (TPSA) is 111 Å². The number of hydrogen-bond acceptors (Lipinski definition) is 8. The van der Waals surface area contributed by atoms with Crippen LogP contribution in [0.25, 0.3) is 0 Å². The van der Waals surface area contributed by atoms with Gasteiger partial charge < -0.3 is 33.3 Å². The summed E-state index contributed by atoms with van der Waals surface area (Å²) in [5, 5.41) is 11.7. The Morgan fingerprint density at radius 1 is 0.517 bits per heavy atom. The summed E-state index contributed by atoms with van der Waals surface area (Å²) in [5.74, 6) is -2.28. The van der Waals surface area contributed by atoms with Crippen molar-refractivity contribution in [2.75, 3.05) is 47.5 Å². The molecular weight excluding hydrogens is 731 g/mol. The SMILES string of the molecule is CCCCCCC/C=C\C/C=C\CCCCCCCCCCCC(=O)OC(COC(=O)CCCCCCCCCCCCCC)COC(OCC[N+](C)(C)C)C(=O)[O-]. The van der Waals surface area contributed by atoms with Gasteiger partial charge in [-0.1, -0.05) is 179 Å². The Morgan fingerprint density at radius 2 is 0.931 bits per heavy atom. The Bertz CT molecular complexity index is 1010. The maximum Gasteiger partial charge on any atom is 0.306 e. The quantitative estimate of drug-likeness (QED) is 0.0196. The molecule has 0 N–H and O–H groups in total. The molecule has 0 aliphatic carbocycles. The highest BCUT2D eigenvalue weighted by Crippen LogP contribution is 2.15. The summed E-state index contributed by atoms with van der Waals surface area (Å²) in [4.78, 5) is 37.0. The molecule has 340 valence electrons. The van der Waals surface area contributed by atoms with Gasteiger partial charge in [-0.3, -0.25) is 9.59 Å². The van der Waals surface area contributed by atoms with Crippen molar-refractivity contribution in [1.29, 1.82) is 0 Å². The minimum atomic E-state index is -1.62. The molecule has 0 aromatic rings. The molecule has 0 saturated carbocycles. The summed E-state index contributed by atoms with van der Waals surface area (Å²) in [6, 6.07) is 0. The molecule has 0 heterocycles. The molecule has 0 fully saturated rings. The molecule has 9 nitrogen and oxygen atoms in total. The molecule has 0 aromatic heterocycles. The summed E-state index contributed by atoms with van der Waals surface area (Å²) in [6.07, 6.45) is 42.0. The van der Waals surface area contributed by atoms with Crippen molar-refractivity contribution < 1.29 is 42.9 Å². The van der Waals surface area contributed by atoms with E-state index in [9.17, 15) is 19.5 Å². The first-order valence-electron chi connectivity index (χ1n) is 24.0. The molecule has 2 unspecified atom stereocenters.